The zero-order chi connectivity index (χ0) is 20.5. The highest BCUT2D eigenvalue weighted by atomic mass is 79.9. The lowest BCUT2D eigenvalue weighted by Crippen LogP contribution is -2.12. The Balaban J connectivity index is 2.02. The van der Waals surface area contributed by atoms with Gasteiger partial charge in [0, 0.05) is 22.9 Å². The maximum atomic E-state index is 14.6. The maximum absolute atomic E-state index is 14.6. The molecule has 0 atom stereocenters. The largest absolute Gasteiger partial charge is 0.368 e. The molecule has 0 aliphatic rings. The second-order valence-corrected chi connectivity index (χ2v) is 7.14. The summed E-state index contributed by atoms with van der Waals surface area (Å²) in [6, 6.07) is 15.1. The normalized spacial score (nSPS) is 10.8. The SMILES string of the molecule is NC(=O)c1ccccc1-c1cc(-c2nc(N)ncc2Br)[nH]c1-c1ccccc1F. The van der Waals surface area contributed by atoms with E-state index in [9.17, 15) is 9.18 Å². The monoisotopic (exact) mass is 451 g/mol. The number of rotatable bonds is 4. The summed E-state index contributed by atoms with van der Waals surface area (Å²) < 4.78 is 15.2. The van der Waals surface area contributed by atoms with Crippen LogP contribution in [0.1, 0.15) is 10.4 Å². The topological polar surface area (TPSA) is 111 Å². The fourth-order valence-electron chi connectivity index (χ4n) is 3.17. The summed E-state index contributed by atoms with van der Waals surface area (Å²) in [6.07, 6.45) is 1.54. The predicted octanol–water partition coefficient (Wildman–Crippen LogP) is 4.39. The first kappa shape index (κ1) is 18.8. The summed E-state index contributed by atoms with van der Waals surface area (Å²) in [5.74, 6) is -0.875. The number of H-pyrrole nitrogens is 1. The van der Waals surface area contributed by atoms with E-state index in [-0.39, 0.29) is 5.95 Å². The van der Waals surface area contributed by atoms with Gasteiger partial charge in [0.05, 0.1) is 15.9 Å². The first-order valence-corrected chi connectivity index (χ1v) is 9.40. The molecule has 2 aromatic carbocycles. The van der Waals surface area contributed by atoms with E-state index in [0.717, 1.165) is 0 Å². The van der Waals surface area contributed by atoms with Gasteiger partial charge in [-0.2, -0.15) is 0 Å². The van der Waals surface area contributed by atoms with Crippen LogP contribution in [0.4, 0.5) is 10.3 Å². The molecule has 0 spiro atoms. The number of nitrogens with zero attached hydrogens (tertiary/aromatic N) is 2. The van der Waals surface area contributed by atoms with Crippen LogP contribution < -0.4 is 11.5 Å². The van der Waals surface area contributed by atoms with Gasteiger partial charge in [0.2, 0.25) is 11.9 Å². The van der Waals surface area contributed by atoms with E-state index in [4.69, 9.17) is 11.5 Å². The van der Waals surface area contributed by atoms with Crippen molar-refractivity contribution in [1.82, 2.24) is 15.0 Å². The number of amides is 1. The van der Waals surface area contributed by atoms with Gasteiger partial charge in [-0.1, -0.05) is 30.3 Å². The van der Waals surface area contributed by atoms with Crippen LogP contribution in [0.5, 0.6) is 0 Å². The number of hydrogen-bond donors (Lipinski definition) is 3. The van der Waals surface area contributed by atoms with Gasteiger partial charge in [-0.05, 0) is 45.8 Å². The number of nitrogens with two attached hydrogens (primary N) is 2. The van der Waals surface area contributed by atoms with E-state index >= 15 is 0 Å². The molecule has 0 unspecified atom stereocenters. The minimum absolute atomic E-state index is 0.101. The van der Waals surface area contributed by atoms with Crippen LogP contribution >= 0.6 is 15.9 Å². The molecule has 0 radical (unpaired) electrons. The lowest BCUT2D eigenvalue weighted by atomic mass is 9.96. The first-order valence-electron chi connectivity index (χ1n) is 8.61. The number of carbonyl (C=O) groups is 1. The van der Waals surface area contributed by atoms with Gasteiger partial charge in [0.15, 0.2) is 0 Å². The van der Waals surface area contributed by atoms with Crippen LogP contribution in [0.2, 0.25) is 0 Å². The maximum Gasteiger partial charge on any atom is 0.249 e. The van der Waals surface area contributed by atoms with Crippen molar-refractivity contribution < 1.29 is 9.18 Å². The van der Waals surface area contributed by atoms with Crippen LogP contribution in [0.15, 0.2) is 65.3 Å². The third-order valence-electron chi connectivity index (χ3n) is 4.46. The van der Waals surface area contributed by atoms with Gasteiger partial charge in [-0.3, -0.25) is 4.79 Å². The van der Waals surface area contributed by atoms with Crippen LogP contribution in [-0.2, 0) is 0 Å². The average molecular weight is 452 g/mol. The summed E-state index contributed by atoms with van der Waals surface area (Å²) in [7, 11) is 0. The molecule has 6 nitrogen and oxygen atoms in total. The molecular weight excluding hydrogens is 437 g/mol. The van der Waals surface area contributed by atoms with Crippen molar-refractivity contribution in [3.05, 3.63) is 76.6 Å². The van der Waals surface area contributed by atoms with Crippen LogP contribution in [-0.4, -0.2) is 20.9 Å². The van der Waals surface area contributed by atoms with E-state index in [0.29, 0.717) is 43.8 Å². The molecule has 1 amide bonds. The minimum Gasteiger partial charge on any atom is -0.368 e. The van der Waals surface area contributed by atoms with Crippen molar-refractivity contribution in [2.24, 2.45) is 5.73 Å². The standard InChI is InChI=1S/C21H15BrFN5O/c22-15-10-26-21(25)28-19(15)17-9-14(11-5-1-2-6-12(11)20(24)29)18(27-17)13-7-3-4-8-16(13)23/h1-10,27H,(H2,24,29)(H2,25,26,28). The van der Waals surface area contributed by atoms with Crippen molar-refractivity contribution in [2.75, 3.05) is 5.73 Å². The second kappa shape index (κ2) is 7.48. The van der Waals surface area contributed by atoms with E-state index in [1.165, 1.54) is 12.3 Å². The Kier molecular flexibility index (Phi) is 4.85. The van der Waals surface area contributed by atoms with E-state index < -0.39 is 11.7 Å². The van der Waals surface area contributed by atoms with Crippen LogP contribution in [0, 0.1) is 5.82 Å². The number of aromatic nitrogens is 3. The molecule has 2 heterocycles. The molecule has 0 saturated carbocycles. The first-order chi connectivity index (χ1) is 14.0. The van der Waals surface area contributed by atoms with Gasteiger partial charge in [-0.25, -0.2) is 14.4 Å². The molecule has 0 aliphatic carbocycles. The van der Waals surface area contributed by atoms with Crippen LogP contribution in [0.25, 0.3) is 33.8 Å². The second-order valence-electron chi connectivity index (χ2n) is 6.29. The van der Waals surface area contributed by atoms with E-state index in [1.807, 2.05) is 0 Å². The Labute approximate surface area is 173 Å². The lowest BCUT2D eigenvalue weighted by Gasteiger charge is -2.09. The molecule has 0 fully saturated rings. The minimum atomic E-state index is -0.574. The highest BCUT2D eigenvalue weighted by Gasteiger charge is 2.21. The molecule has 0 aliphatic heterocycles. The predicted molar refractivity (Wildman–Crippen MR) is 113 cm³/mol. The Morgan fingerprint density at radius 3 is 2.45 bits per heavy atom. The number of aromatic amines is 1. The fraction of sp³-hybridized carbons (Fsp3) is 0. The Bertz CT molecular complexity index is 1240. The quantitative estimate of drug-likeness (QED) is 0.427. The zero-order valence-electron chi connectivity index (χ0n) is 15.0. The highest BCUT2D eigenvalue weighted by molar-refractivity contribution is 9.10. The highest BCUT2D eigenvalue weighted by Crippen LogP contribution is 2.39. The Morgan fingerprint density at radius 2 is 1.72 bits per heavy atom. The summed E-state index contributed by atoms with van der Waals surface area (Å²) in [4.78, 5) is 23.4. The number of primary amides is 1. The molecule has 144 valence electrons. The molecular formula is C21H15BrFN5O. The zero-order valence-corrected chi connectivity index (χ0v) is 16.6. The van der Waals surface area contributed by atoms with Gasteiger partial charge >= 0.3 is 0 Å². The lowest BCUT2D eigenvalue weighted by molar-refractivity contribution is 0.100. The molecule has 4 rings (SSSR count). The van der Waals surface area contributed by atoms with Gasteiger partial charge in [0.1, 0.15) is 11.5 Å². The average Bonchev–Trinajstić information content (AvgIpc) is 3.15. The van der Waals surface area contributed by atoms with Gasteiger partial charge < -0.3 is 16.5 Å². The van der Waals surface area contributed by atoms with Crippen LogP contribution in [0.3, 0.4) is 0 Å². The molecule has 5 N–H and O–H groups in total. The number of benzene rings is 2. The molecule has 0 saturated heterocycles. The molecule has 0 bridgehead atoms. The smallest absolute Gasteiger partial charge is 0.249 e. The number of carbonyl (C=O) groups excluding carboxylic acids is 1. The van der Waals surface area contributed by atoms with Crippen molar-refractivity contribution in [2.45, 2.75) is 0 Å². The number of halogens is 2. The van der Waals surface area contributed by atoms with Gasteiger partial charge in [-0.15, -0.1) is 0 Å². The summed E-state index contributed by atoms with van der Waals surface area (Å²) >= 11 is 3.42. The Hall–Kier alpha value is -3.52. The van der Waals surface area contributed by atoms with Crippen molar-refractivity contribution >= 4 is 27.8 Å². The number of nitrogens with one attached hydrogen (secondary N) is 1. The summed E-state index contributed by atoms with van der Waals surface area (Å²) in [6.45, 7) is 0. The fourth-order valence-corrected chi connectivity index (χ4v) is 3.58. The third kappa shape index (κ3) is 3.50. The van der Waals surface area contributed by atoms with Crippen molar-refractivity contribution in [1.29, 1.82) is 0 Å². The van der Waals surface area contributed by atoms with E-state index in [1.54, 1.807) is 48.5 Å². The van der Waals surface area contributed by atoms with Gasteiger partial charge in [0.25, 0.3) is 0 Å². The van der Waals surface area contributed by atoms with Crippen molar-refractivity contribution in [3.8, 4) is 33.8 Å². The number of hydrogen-bond acceptors (Lipinski definition) is 4. The molecule has 8 heteroatoms. The number of anilines is 1. The summed E-state index contributed by atoms with van der Waals surface area (Å²) in [5.41, 5.74) is 14.8. The molecule has 29 heavy (non-hydrogen) atoms. The van der Waals surface area contributed by atoms with E-state index in [2.05, 4.69) is 30.9 Å². The third-order valence-corrected chi connectivity index (χ3v) is 5.04. The number of nitrogen functional groups attached to an aromatic ring is 1. The van der Waals surface area contributed by atoms with Crippen molar-refractivity contribution in [3.63, 3.8) is 0 Å². The molecule has 4 aromatic rings. The summed E-state index contributed by atoms with van der Waals surface area (Å²) in [5, 5.41) is 0. The Morgan fingerprint density at radius 1 is 1.03 bits per heavy atom. The molecule has 2 aromatic heterocycles.